The lowest BCUT2D eigenvalue weighted by Gasteiger charge is -2.33. The highest BCUT2D eigenvalue weighted by molar-refractivity contribution is 8.22. The average molecular weight is 611 g/mol. The number of thiophene rings is 1. The Morgan fingerprint density at radius 1 is 1.29 bits per heavy atom. The number of allylic oxidation sites excluding steroid dienone is 3. The molecule has 0 radical (unpaired) electrons. The van der Waals surface area contributed by atoms with Crippen LogP contribution in [-0.2, 0) is 14.3 Å². The minimum Gasteiger partial charge on any atom is -0.464 e. The lowest BCUT2D eigenvalue weighted by molar-refractivity contribution is -0.128. The third kappa shape index (κ3) is 4.61. The van der Waals surface area contributed by atoms with Gasteiger partial charge in [0.25, 0.3) is 11.8 Å². The molecular weight excluding hydrogens is 588 g/mol. The van der Waals surface area contributed by atoms with Crippen molar-refractivity contribution in [3.05, 3.63) is 51.1 Å². The van der Waals surface area contributed by atoms with Crippen LogP contribution in [0.15, 0.2) is 46.2 Å². The number of amides is 4. The molecule has 41 heavy (non-hydrogen) atoms. The Bertz CT molecular complexity index is 1700. The first-order valence-corrected chi connectivity index (χ1v) is 15.5. The third-order valence-electron chi connectivity index (χ3n) is 7.34. The molecule has 4 aliphatic heterocycles. The van der Waals surface area contributed by atoms with Gasteiger partial charge in [-0.05, 0) is 60.5 Å². The summed E-state index contributed by atoms with van der Waals surface area (Å²) in [5.41, 5.74) is 1.12. The number of piperidine rings is 1. The number of anilines is 2. The van der Waals surface area contributed by atoms with Crippen LogP contribution in [0.3, 0.4) is 0 Å². The van der Waals surface area contributed by atoms with Crippen molar-refractivity contribution < 1.29 is 23.9 Å². The van der Waals surface area contributed by atoms with Gasteiger partial charge < -0.3 is 20.3 Å². The highest BCUT2D eigenvalue weighted by Gasteiger charge is 2.38. The van der Waals surface area contributed by atoms with Crippen molar-refractivity contribution in [3.8, 4) is 6.07 Å². The van der Waals surface area contributed by atoms with Crippen molar-refractivity contribution in [1.82, 2.24) is 15.2 Å². The number of urea groups is 1. The van der Waals surface area contributed by atoms with Gasteiger partial charge in [0.15, 0.2) is 17.6 Å². The molecule has 11 nitrogen and oxygen atoms in total. The third-order valence-corrected chi connectivity index (χ3v) is 10.9. The van der Waals surface area contributed by atoms with E-state index >= 15 is 0 Å². The fraction of sp³-hybridized carbons (Fsp3) is 0.333. The molecule has 0 aromatic carbocycles. The molecule has 2 N–H and O–H groups in total. The number of nitrogens with one attached hydrogen (secondary N) is 2. The van der Waals surface area contributed by atoms with E-state index in [4.69, 9.17) is 21.1 Å². The molecule has 4 amide bonds. The highest BCUT2D eigenvalue weighted by atomic mass is 35.5. The summed E-state index contributed by atoms with van der Waals surface area (Å²) in [5.74, 6) is 0.184. The molecule has 0 bridgehead atoms. The van der Waals surface area contributed by atoms with Gasteiger partial charge in [0.2, 0.25) is 0 Å². The van der Waals surface area contributed by atoms with Crippen molar-refractivity contribution in [2.75, 3.05) is 29.5 Å². The number of nitrogens with zero attached hydrogens (tertiary/aromatic N) is 4. The molecule has 14 heteroatoms. The predicted octanol–water partition coefficient (Wildman–Crippen LogP) is 4.52. The lowest BCUT2D eigenvalue weighted by Crippen LogP contribution is -2.50. The summed E-state index contributed by atoms with van der Waals surface area (Å²) in [6, 6.07) is 3.01. The van der Waals surface area contributed by atoms with Gasteiger partial charge in [0.1, 0.15) is 21.3 Å². The fourth-order valence-electron chi connectivity index (χ4n) is 5.27. The van der Waals surface area contributed by atoms with E-state index in [-0.39, 0.29) is 30.2 Å². The second-order valence-electron chi connectivity index (χ2n) is 10.1. The standard InChI is InChI=1S/C27H23ClN6O5S2/c28-19-6-5-18-26(39-13-38-18)41(19)34-17-7-8-30-24-20(17)21(32-27(34)37)22(40-24)23(35)31-16-2-1-9-33(12-16)25(36)15(11-29)10-14-3-4-14/h5-8,10,14,16H,1-4,9,12-13H2,(H,31,35)(H,32,37)/b15-10+/t16-,41?/m1/s1. The Kier molecular flexibility index (Phi) is 6.58. The summed E-state index contributed by atoms with van der Waals surface area (Å²) in [6.07, 6.45) is 10.2. The monoisotopic (exact) mass is 610 g/mol. The first-order valence-electron chi connectivity index (χ1n) is 13.1. The van der Waals surface area contributed by atoms with Gasteiger partial charge in [-0.3, -0.25) is 14.3 Å². The number of hydrogen-bond acceptors (Lipinski definition) is 8. The molecule has 3 fully saturated rings. The first kappa shape index (κ1) is 26.2. The molecule has 210 valence electrons. The van der Waals surface area contributed by atoms with Gasteiger partial charge in [-0.2, -0.15) is 5.26 Å². The van der Waals surface area contributed by atoms with Crippen LogP contribution in [0.25, 0.3) is 10.2 Å². The summed E-state index contributed by atoms with van der Waals surface area (Å²) in [5, 5.41) is 16.5. The molecule has 2 saturated heterocycles. The van der Waals surface area contributed by atoms with Crippen LogP contribution in [0.5, 0.6) is 0 Å². The van der Waals surface area contributed by atoms with E-state index in [9.17, 15) is 19.6 Å². The number of carbonyl (C=O) groups is 3. The molecule has 7 rings (SSSR count). The second-order valence-corrected chi connectivity index (χ2v) is 13.5. The van der Waals surface area contributed by atoms with Crippen molar-refractivity contribution in [2.45, 2.75) is 31.7 Å². The quantitative estimate of drug-likeness (QED) is 0.288. The van der Waals surface area contributed by atoms with Gasteiger partial charge in [0, 0.05) is 25.3 Å². The lowest BCUT2D eigenvalue weighted by atomic mass is 10.0. The average Bonchev–Trinajstić information content (AvgIpc) is 3.53. The number of fused-ring (bicyclic) bond motifs is 1. The van der Waals surface area contributed by atoms with Crippen LogP contribution >= 0.6 is 33.6 Å². The van der Waals surface area contributed by atoms with Crippen LogP contribution in [0, 0.1) is 17.2 Å². The molecule has 1 saturated carbocycles. The van der Waals surface area contributed by atoms with Gasteiger partial charge in [-0.15, -0.1) is 11.3 Å². The molecule has 6 heterocycles. The number of ether oxygens (including phenoxy) is 2. The van der Waals surface area contributed by atoms with E-state index in [2.05, 4.69) is 15.6 Å². The molecule has 0 spiro atoms. The van der Waals surface area contributed by atoms with E-state index < -0.39 is 16.7 Å². The number of hydrogen-bond donors (Lipinski definition) is 2. The highest BCUT2D eigenvalue weighted by Crippen LogP contribution is 2.51. The number of nitriles is 1. The van der Waals surface area contributed by atoms with Crippen molar-refractivity contribution in [1.29, 1.82) is 5.26 Å². The molecule has 2 atom stereocenters. The number of aromatic nitrogens is 1. The molecule has 2 aromatic rings. The zero-order valence-corrected chi connectivity index (χ0v) is 23.9. The SMILES string of the molecule is N#C/C(=C\C1CC1)C(=O)N1CCC[C@@H](NC(=O)c2sc3nccc4c3c2NC(=O)N4S2=C3OCOC3=CC=C2Cl)C1. The molecular formula is C27H23ClN6O5S2. The van der Waals surface area contributed by atoms with Gasteiger partial charge in [0.05, 0.1) is 21.1 Å². The van der Waals surface area contributed by atoms with Crippen molar-refractivity contribution >= 4 is 78.1 Å². The Labute approximate surface area is 246 Å². The molecule has 2 aromatic heterocycles. The molecule has 5 aliphatic rings. The number of likely N-dealkylation sites (tertiary alicyclic amines) is 1. The van der Waals surface area contributed by atoms with Gasteiger partial charge in [-0.25, -0.2) is 14.1 Å². The second kappa shape index (κ2) is 10.3. The zero-order chi connectivity index (χ0) is 28.2. The van der Waals surface area contributed by atoms with E-state index in [1.807, 2.05) is 6.07 Å². The molecule has 1 unspecified atom stereocenters. The van der Waals surface area contributed by atoms with Crippen molar-refractivity contribution in [3.63, 3.8) is 0 Å². The first-order chi connectivity index (χ1) is 19.9. The number of carbonyl (C=O) groups excluding carboxylic acids is 3. The number of pyridine rings is 1. The van der Waals surface area contributed by atoms with Crippen molar-refractivity contribution in [2.24, 2.45) is 5.92 Å². The van der Waals surface area contributed by atoms with E-state index in [1.54, 1.807) is 35.4 Å². The van der Waals surface area contributed by atoms with Crippen LogP contribution in [0.2, 0.25) is 0 Å². The Morgan fingerprint density at radius 2 is 2.15 bits per heavy atom. The smallest absolute Gasteiger partial charge is 0.336 e. The van der Waals surface area contributed by atoms with Crippen LogP contribution in [-0.4, -0.2) is 58.7 Å². The summed E-state index contributed by atoms with van der Waals surface area (Å²) in [7, 11) is -1.09. The Morgan fingerprint density at radius 3 is 2.95 bits per heavy atom. The zero-order valence-electron chi connectivity index (χ0n) is 21.5. The number of halogens is 1. The summed E-state index contributed by atoms with van der Waals surface area (Å²) >= 11 is 7.77. The minimum atomic E-state index is -1.09. The van der Waals surface area contributed by atoms with Gasteiger partial charge >= 0.3 is 6.03 Å². The van der Waals surface area contributed by atoms with E-state index in [1.165, 1.54) is 15.6 Å². The van der Waals surface area contributed by atoms with Crippen LogP contribution in [0.4, 0.5) is 16.2 Å². The summed E-state index contributed by atoms with van der Waals surface area (Å²) in [6.45, 7) is 0.880. The topological polar surface area (TPSA) is 137 Å². The maximum atomic E-state index is 13.6. The normalized spacial score (nSPS) is 23.8. The maximum Gasteiger partial charge on any atom is 0.336 e. The largest absolute Gasteiger partial charge is 0.464 e. The maximum absolute atomic E-state index is 13.6. The van der Waals surface area contributed by atoms with Crippen LogP contribution < -0.4 is 14.9 Å². The minimum absolute atomic E-state index is 0.0384. The molecule has 1 aliphatic carbocycles. The predicted molar refractivity (Wildman–Crippen MR) is 156 cm³/mol. The van der Waals surface area contributed by atoms with Gasteiger partial charge in [-0.1, -0.05) is 17.7 Å². The Balaban J connectivity index is 1.16. The number of rotatable bonds is 5. The van der Waals surface area contributed by atoms with E-state index in [0.29, 0.717) is 73.5 Å². The summed E-state index contributed by atoms with van der Waals surface area (Å²) in [4.78, 5) is 47.1. The van der Waals surface area contributed by atoms with Crippen LogP contribution in [0.1, 0.15) is 35.4 Å². The summed E-state index contributed by atoms with van der Waals surface area (Å²) < 4.78 is 13.1. The fourth-order valence-corrected chi connectivity index (χ4v) is 8.52. The Hall–Kier alpha value is -3.70. The van der Waals surface area contributed by atoms with E-state index in [0.717, 1.165) is 12.8 Å².